The largest absolute Gasteiger partial charge is 0.507 e. The Hall–Kier alpha value is -2.86. The van der Waals surface area contributed by atoms with E-state index in [0.29, 0.717) is 17.9 Å². The lowest BCUT2D eigenvalue weighted by Gasteiger charge is -2.23. The second kappa shape index (κ2) is 7.58. The molecular formula is C20H23N2O4+. The third-order valence-electron chi connectivity index (χ3n) is 4.48. The van der Waals surface area contributed by atoms with Crippen molar-refractivity contribution in [1.82, 2.24) is 4.90 Å². The van der Waals surface area contributed by atoms with Crippen LogP contribution in [0.5, 0.6) is 0 Å². The second-order valence-corrected chi connectivity index (χ2v) is 6.68. The molecule has 6 nitrogen and oxygen atoms in total. The van der Waals surface area contributed by atoms with Crippen molar-refractivity contribution in [3.63, 3.8) is 0 Å². The molecule has 1 amide bonds. The van der Waals surface area contributed by atoms with E-state index in [1.165, 1.54) is 16.1 Å². The first-order valence-electron chi connectivity index (χ1n) is 8.67. The average Bonchev–Trinajstić information content (AvgIpc) is 3.24. The Kier molecular flexibility index (Phi) is 5.23. The maximum atomic E-state index is 12.7. The van der Waals surface area contributed by atoms with Crippen LogP contribution in [-0.2, 0) is 9.59 Å². The highest BCUT2D eigenvalue weighted by Gasteiger charge is 2.47. The summed E-state index contributed by atoms with van der Waals surface area (Å²) in [5.41, 5.74) is 0.577. The Morgan fingerprint density at radius 2 is 1.88 bits per heavy atom. The summed E-state index contributed by atoms with van der Waals surface area (Å²) in [6, 6.07) is 11.5. The van der Waals surface area contributed by atoms with Crippen LogP contribution >= 0.6 is 0 Å². The molecule has 0 spiro atoms. The molecular weight excluding hydrogens is 332 g/mol. The molecule has 1 saturated heterocycles. The number of amides is 1. The zero-order valence-corrected chi connectivity index (χ0v) is 14.9. The van der Waals surface area contributed by atoms with Crippen LogP contribution in [0.3, 0.4) is 0 Å². The summed E-state index contributed by atoms with van der Waals surface area (Å²) < 4.78 is 5.49. The van der Waals surface area contributed by atoms with Crippen LogP contribution in [0.15, 0.2) is 58.7 Å². The summed E-state index contributed by atoms with van der Waals surface area (Å²) in [5.74, 6) is -0.979. The molecule has 0 saturated carbocycles. The number of furan rings is 1. The molecule has 3 rings (SSSR count). The molecule has 0 aliphatic carbocycles. The van der Waals surface area contributed by atoms with Crippen molar-refractivity contribution < 1.29 is 24.0 Å². The van der Waals surface area contributed by atoms with E-state index in [0.717, 1.165) is 13.0 Å². The number of quaternary nitrogens is 1. The van der Waals surface area contributed by atoms with Crippen molar-refractivity contribution in [3.05, 3.63) is 65.6 Å². The highest BCUT2D eigenvalue weighted by atomic mass is 16.3. The standard InChI is InChI=1S/C20H22N2O4/c1-21(2)11-7-12-22-17(15-10-6-13-26-15)16(19(24)20(22)25)18(23)14-8-4-3-5-9-14/h3-6,8-10,13,17,23H,7,11-12H2,1-2H3/p+1/t17-/m1/s1. The van der Waals surface area contributed by atoms with Gasteiger partial charge in [0.2, 0.25) is 0 Å². The summed E-state index contributed by atoms with van der Waals surface area (Å²) in [5, 5.41) is 10.7. The molecule has 1 aliphatic rings. The van der Waals surface area contributed by atoms with E-state index < -0.39 is 17.7 Å². The molecule has 136 valence electrons. The van der Waals surface area contributed by atoms with E-state index >= 15 is 0 Å². The van der Waals surface area contributed by atoms with Crippen LogP contribution in [-0.4, -0.2) is 48.9 Å². The molecule has 2 heterocycles. The van der Waals surface area contributed by atoms with Crippen LogP contribution in [0.4, 0.5) is 0 Å². The number of ketones is 1. The number of carbonyl (C=O) groups excluding carboxylic acids is 2. The fourth-order valence-corrected chi connectivity index (χ4v) is 3.21. The molecule has 0 bridgehead atoms. The summed E-state index contributed by atoms with van der Waals surface area (Å²) in [6.45, 7) is 1.29. The van der Waals surface area contributed by atoms with Gasteiger partial charge in [-0.2, -0.15) is 0 Å². The van der Waals surface area contributed by atoms with Gasteiger partial charge in [0.1, 0.15) is 17.6 Å². The predicted molar refractivity (Wildman–Crippen MR) is 96.5 cm³/mol. The molecule has 1 aromatic carbocycles. The SMILES string of the molecule is C[NH+](C)CCCN1C(=O)C(=O)C(=C(O)c2ccccc2)[C@H]1c1ccco1. The number of hydrogen-bond donors (Lipinski definition) is 2. The number of likely N-dealkylation sites (tertiary alicyclic amines) is 1. The number of aliphatic hydroxyl groups excluding tert-OH is 1. The Morgan fingerprint density at radius 1 is 1.15 bits per heavy atom. The number of Topliss-reactive ketones (excluding diaryl/α,β-unsaturated/α-hetero) is 1. The Labute approximate surface area is 152 Å². The lowest BCUT2D eigenvalue weighted by atomic mass is 9.99. The van der Waals surface area contributed by atoms with Crippen LogP contribution in [0.1, 0.15) is 23.8 Å². The van der Waals surface area contributed by atoms with Gasteiger partial charge in [0.15, 0.2) is 0 Å². The number of carbonyl (C=O) groups is 2. The van der Waals surface area contributed by atoms with Gasteiger partial charge in [0, 0.05) is 18.5 Å². The first-order chi connectivity index (χ1) is 12.5. The van der Waals surface area contributed by atoms with Gasteiger partial charge in [-0.05, 0) is 12.1 Å². The van der Waals surface area contributed by atoms with E-state index in [9.17, 15) is 14.7 Å². The Bertz CT molecular complexity index is 810. The van der Waals surface area contributed by atoms with Gasteiger partial charge in [0.25, 0.3) is 11.7 Å². The molecule has 6 heteroatoms. The third kappa shape index (κ3) is 3.41. The van der Waals surface area contributed by atoms with Crippen LogP contribution in [0.2, 0.25) is 0 Å². The van der Waals surface area contributed by atoms with Crippen LogP contribution in [0, 0.1) is 0 Å². The average molecular weight is 355 g/mol. The van der Waals surface area contributed by atoms with Gasteiger partial charge in [-0.25, -0.2) is 0 Å². The van der Waals surface area contributed by atoms with Crippen molar-refractivity contribution in [3.8, 4) is 0 Å². The molecule has 1 aromatic heterocycles. The van der Waals surface area contributed by atoms with Crippen LogP contribution < -0.4 is 4.90 Å². The molecule has 2 aromatic rings. The fraction of sp³-hybridized carbons (Fsp3) is 0.300. The van der Waals surface area contributed by atoms with Crippen LogP contribution in [0.25, 0.3) is 5.76 Å². The highest BCUT2D eigenvalue weighted by Crippen LogP contribution is 2.39. The zero-order valence-electron chi connectivity index (χ0n) is 14.9. The zero-order chi connectivity index (χ0) is 18.7. The lowest BCUT2D eigenvalue weighted by Crippen LogP contribution is -3.05. The van der Waals surface area contributed by atoms with Crippen molar-refractivity contribution in [2.45, 2.75) is 12.5 Å². The first-order valence-corrected chi connectivity index (χ1v) is 8.67. The van der Waals surface area contributed by atoms with Crippen molar-refractivity contribution in [1.29, 1.82) is 0 Å². The summed E-state index contributed by atoms with van der Waals surface area (Å²) in [6.07, 6.45) is 2.25. The Balaban J connectivity index is 2.02. The predicted octanol–water partition coefficient (Wildman–Crippen LogP) is 1.24. The third-order valence-corrected chi connectivity index (χ3v) is 4.48. The van der Waals surface area contributed by atoms with E-state index in [4.69, 9.17) is 4.42 Å². The van der Waals surface area contributed by atoms with Gasteiger partial charge < -0.3 is 19.3 Å². The quantitative estimate of drug-likeness (QED) is 0.464. The molecule has 1 fully saturated rings. The van der Waals surface area contributed by atoms with E-state index in [-0.39, 0.29) is 11.3 Å². The maximum Gasteiger partial charge on any atom is 0.295 e. The van der Waals surface area contributed by atoms with Gasteiger partial charge >= 0.3 is 0 Å². The van der Waals surface area contributed by atoms with Gasteiger partial charge in [-0.1, -0.05) is 30.3 Å². The van der Waals surface area contributed by atoms with Crippen molar-refractivity contribution >= 4 is 17.4 Å². The number of aliphatic hydroxyl groups is 1. The van der Waals surface area contributed by atoms with Crippen molar-refractivity contribution in [2.24, 2.45) is 0 Å². The van der Waals surface area contributed by atoms with E-state index in [1.54, 1.807) is 36.4 Å². The number of hydrogen-bond acceptors (Lipinski definition) is 4. The molecule has 1 aliphatic heterocycles. The minimum atomic E-state index is -0.706. The van der Waals surface area contributed by atoms with Gasteiger partial charge in [-0.3, -0.25) is 9.59 Å². The lowest BCUT2D eigenvalue weighted by molar-refractivity contribution is -0.858. The van der Waals surface area contributed by atoms with Gasteiger partial charge in [-0.15, -0.1) is 0 Å². The smallest absolute Gasteiger partial charge is 0.295 e. The minimum absolute atomic E-state index is 0.0772. The highest BCUT2D eigenvalue weighted by molar-refractivity contribution is 6.46. The summed E-state index contributed by atoms with van der Waals surface area (Å²) in [4.78, 5) is 28.1. The molecule has 26 heavy (non-hydrogen) atoms. The number of benzene rings is 1. The van der Waals surface area contributed by atoms with Gasteiger partial charge in [0.05, 0.1) is 32.5 Å². The second-order valence-electron chi connectivity index (χ2n) is 6.68. The monoisotopic (exact) mass is 355 g/mol. The number of nitrogens with one attached hydrogen (secondary N) is 1. The molecule has 1 atom stereocenters. The fourth-order valence-electron chi connectivity index (χ4n) is 3.21. The maximum absolute atomic E-state index is 12.7. The van der Waals surface area contributed by atoms with Crippen molar-refractivity contribution in [2.75, 3.05) is 27.2 Å². The number of nitrogens with zero attached hydrogens (tertiary/aromatic N) is 1. The molecule has 0 unspecified atom stereocenters. The Morgan fingerprint density at radius 3 is 2.50 bits per heavy atom. The summed E-state index contributed by atoms with van der Waals surface area (Å²) in [7, 11) is 4.07. The molecule has 0 radical (unpaired) electrons. The first kappa shape index (κ1) is 17.9. The number of rotatable bonds is 6. The normalized spacial score (nSPS) is 19.5. The molecule has 2 N–H and O–H groups in total. The summed E-state index contributed by atoms with van der Waals surface area (Å²) >= 11 is 0. The minimum Gasteiger partial charge on any atom is -0.507 e. The van der Waals surface area contributed by atoms with E-state index in [2.05, 4.69) is 0 Å². The topological polar surface area (TPSA) is 75.2 Å². The van der Waals surface area contributed by atoms with E-state index in [1.807, 2.05) is 20.2 Å².